The van der Waals surface area contributed by atoms with Crippen molar-refractivity contribution in [3.8, 4) is 5.75 Å². The molecule has 0 aromatic heterocycles. The second kappa shape index (κ2) is 4.46. The van der Waals surface area contributed by atoms with Crippen LogP contribution in [0.5, 0.6) is 5.75 Å². The van der Waals surface area contributed by atoms with E-state index in [0.29, 0.717) is 5.75 Å². The minimum atomic E-state index is 0.237. The van der Waals surface area contributed by atoms with Gasteiger partial charge in [-0.15, -0.1) is 0 Å². The van der Waals surface area contributed by atoms with E-state index in [1.807, 2.05) is 12.1 Å². The highest BCUT2D eigenvalue weighted by Gasteiger charge is 2.17. The molecule has 0 amide bonds. The zero-order chi connectivity index (χ0) is 9.97. The zero-order valence-electron chi connectivity index (χ0n) is 7.76. The first-order valence-electron chi connectivity index (χ1n) is 4.70. The Morgan fingerprint density at radius 2 is 2.21 bits per heavy atom. The number of phenolic OH excluding ortho intramolecular Hbond substituents is 1. The number of halogens is 1. The smallest absolute Gasteiger partial charge is 0.121 e. The van der Waals surface area contributed by atoms with Gasteiger partial charge in [-0.05, 0) is 34.7 Å². The number of hydrogen-bond donors (Lipinski definition) is 3. The Labute approximate surface area is 97.0 Å². The first kappa shape index (κ1) is 10.2. The number of nitrogens with one attached hydrogen (secondary N) is 2. The number of rotatable bonds is 1. The Morgan fingerprint density at radius 1 is 1.36 bits per heavy atom. The summed E-state index contributed by atoms with van der Waals surface area (Å²) >= 11 is 2.20. The van der Waals surface area contributed by atoms with E-state index in [-0.39, 0.29) is 6.04 Å². The zero-order valence-corrected chi connectivity index (χ0v) is 9.91. The standard InChI is InChI=1S/C10H13IN2O/c11-7-1-2-8(10(14)5-7)9-6-12-3-4-13-9/h1-2,5,9,12-14H,3-4,6H2. The lowest BCUT2D eigenvalue weighted by Gasteiger charge is -2.25. The Bertz CT molecular complexity index is 324. The van der Waals surface area contributed by atoms with E-state index in [2.05, 4.69) is 33.2 Å². The molecule has 1 saturated heterocycles. The van der Waals surface area contributed by atoms with Crippen LogP contribution >= 0.6 is 22.6 Å². The maximum absolute atomic E-state index is 9.77. The molecule has 4 heteroatoms. The molecule has 3 nitrogen and oxygen atoms in total. The number of benzene rings is 1. The molecule has 0 saturated carbocycles. The van der Waals surface area contributed by atoms with E-state index < -0.39 is 0 Å². The molecule has 1 aromatic carbocycles. The Kier molecular flexibility index (Phi) is 3.25. The highest BCUT2D eigenvalue weighted by Crippen LogP contribution is 2.26. The van der Waals surface area contributed by atoms with Gasteiger partial charge in [-0.2, -0.15) is 0 Å². The molecule has 1 aliphatic rings. The molecular weight excluding hydrogens is 291 g/mol. The summed E-state index contributed by atoms with van der Waals surface area (Å²) < 4.78 is 1.06. The maximum atomic E-state index is 9.77. The average Bonchev–Trinajstić information content (AvgIpc) is 2.19. The minimum absolute atomic E-state index is 0.237. The monoisotopic (exact) mass is 304 g/mol. The number of piperazine rings is 1. The predicted molar refractivity (Wildman–Crippen MR) is 64.4 cm³/mol. The quantitative estimate of drug-likeness (QED) is 0.684. The van der Waals surface area contributed by atoms with Gasteiger partial charge in [0.25, 0.3) is 0 Å². The van der Waals surface area contributed by atoms with Gasteiger partial charge in [0, 0.05) is 34.8 Å². The van der Waals surface area contributed by atoms with Gasteiger partial charge in [-0.3, -0.25) is 0 Å². The largest absolute Gasteiger partial charge is 0.508 e. The van der Waals surface area contributed by atoms with Crippen LogP contribution < -0.4 is 10.6 Å². The fourth-order valence-electron chi connectivity index (χ4n) is 1.68. The predicted octanol–water partition coefficient (Wildman–Crippen LogP) is 1.23. The molecular formula is C10H13IN2O. The van der Waals surface area contributed by atoms with E-state index in [9.17, 15) is 5.11 Å². The normalized spacial score (nSPS) is 22.2. The van der Waals surface area contributed by atoms with Crippen molar-refractivity contribution >= 4 is 22.6 Å². The summed E-state index contributed by atoms with van der Waals surface area (Å²) in [6.07, 6.45) is 0. The second-order valence-electron chi connectivity index (χ2n) is 3.41. The van der Waals surface area contributed by atoms with Gasteiger partial charge in [-0.25, -0.2) is 0 Å². The summed E-state index contributed by atoms with van der Waals surface area (Å²) in [7, 11) is 0. The third-order valence-corrected chi connectivity index (χ3v) is 3.08. The molecule has 14 heavy (non-hydrogen) atoms. The van der Waals surface area contributed by atoms with Crippen LogP contribution in [0.4, 0.5) is 0 Å². The summed E-state index contributed by atoms with van der Waals surface area (Å²) in [6.45, 7) is 2.84. The van der Waals surface area contributed by atoms with Crippen molar-refractivity contribution in [1.82, 2.24) is 10.6 Å². The fourth-order valence-corrected chi connectivity index (χ4v) is 2.16. The molecule has 1 atom stereocenters. The number of hydrogen-bond acceptors (Lipinski definition) is 3. The van der Waals surface area contributed by atoms with Crippen LogP contribution in [0.2, 0.25) is 0 Å². The third kappa shape index (κ3) is 2.18. The lowest BCUT2D eigenvalue weighted by Crippen LogP contribution is -2.42. The molecule has 0 bridgehead atoms. The lowest BCUT2D eigenvalue weighted by molar-refractivity contribution is 0.404. The molecule has 1 aliphatic heterocycles. The van der Waals surface area contributed by atoms with Gasteiger partial charge in [0.1, 0.15) is 5.75 Å². The first-order valence-corrected chi connectivity index (χ1v) is 5.78. The molecule has 3 N–H and O–H groups in total. The molecule has 1 unspecified atom stereocenters. The lowest BCUT2D eigenvalue weighted by atomic mass is 10.0. The van der Waals surface area contributed by atoms with Gasteiger partial charge < -0.3 is 15.7 Å². The van der Waals surface area contributed by atoms with Crippen LogP contribution in [0.3, 0.4) is 0 Å². The van der Waals surface area contributed by atoms with Crippen molar-refractivity contribution in [3.05, 3.63) is 27.3 Å². The molecule has 2 rings (SSSR count). The Balaban J connectivity index is 2.22. The van der Waals surface area contributed by atoms with Crippen LogP contribution in [0.25, 0.3) is 0 Å². The van der Waals surface area contributed by atoms with Crippen LogP contribution in [0, 0.1) is 3.57 Å². The third-order valence-electron chi connectivity index (χ3n) is 2.41. The van der Waals surface area contributed by atoms with Gasteiger partial charge in [-0.1, -0.05) is 6.07 Å². The highest BCUT2D eigenvalue weighted by molar-refractivity contribution is 14.1. The summed E-state index contributed by atoms with van der Waals surface area (Å²) in [5.41, 5.74) is 0.984. The van der Waals surface area contributed by atoms with Gasteiger partial charge >= 0.3 is 0 Å². The fraction of sp³-hybridized carbons (Fsp3) is 0.400. The second-order valence-corrected chi connectivity index (χ2v) is 4.66. The summed E-state index contributed by atoms with van der Waals surface area (Å²) in [5.74, 6) is 0.387. The SMILES string of the molecule is Oc1cc(I)ccc1C1CNCCN1. The molecule has 76 valence electrons. The van der Waals surface area contributed by atoms with Crippen LogP contribution in [0.1, 0.15) is 11.6 Å². The minimum Gasteiger partial charge on any atom is -0.508 e. The molecule has 0 aliphatic carbocycles. The van der Waals surface area contributed by atoms with Gasteiger partial charge in [0.15, 0.2) is 0 Å². The van der Waals surface area contributed by atoms with Crippen LogP contribution in [-0.4, -0.2) is 24.7 Å². The van der Waals surface area contributed by atoms with E-state index in [1.54, 1.807) is 6.07 Å². The molecule has 0 spiro atoms. The van der Waals surface area contributed by atoms with Crippen molar-refractivity contribution in [2.75, 3.05) is 19.6 Å². The molecule has 1 fully saturated rings. The van der Waals surface area contributed by atoms with E-state index in [0.717, 1.165) is 28.8 Å². The van der Waals surface area contributed by atoms with Crippen molar-refractivity contribution in [3.63, 3.8) is 0 Å². The van der Waals surface area contributed by atoms with Gasteiger partial charge in [0.2, 0.25) is 0 Å². The Hall–Kier alpha value is -0.330. The highest BCUT2D eigenvalue weighted by atomic mass is 127. The molecule has 1 aromatic rings. The van der Waals surface area contributed by atoms with Crippen molar-refractivity contribution in [2.45, 2.75) is 6.04 Å². The van der Waals surface area contributed by atoms with Gasteiger partial charge in [0.05, 0.1) is 0 Å². The van der Waals surface area contributed by atoms with Crippen molar-refractivity contribution < 1.29 is 5.11 Å². The maximum Gasteiger partial charge on any atom is 0.121 e. The Morgan fingerprint density at radius 3 is 2.86 bits per heavy atom. The summed E-state index contributed by atoms with van der Waals surface area (Å²) in [6, 6.07) is 6.04. The van der Waals surface area contributed by atoms with Crippen LogP contribution in [0.15, 0.2) is 18.2 Å². The summed E-state index contributed by atoms with van der Waals surface area (Å²) in [5, 5.41) is 16.4. The van der Waals surface area contributed by atoms with Crippen molar-refractivity contribution in [1.29, 1.82) is 0 Å². The number of aromatic hydroxyl groups is 1. The number of phenols is 1. The van der Waals surface area contributed by atoms with E-state index in [1.165, 1.54) is 0 Å². The first-order chi connectivity index (χ1) is 6.77. The van der Waals surface area contributed by atoms with Crippen molar-refractivity contribution in [2.24, 2.45) is 0 Å². The molecule has 0 radical (unpaired) electrons. The summed E-state index contributed by atoms with van der Waals surface area (Å²) in [4.78, 5) is 0. The van der Waals surface area contributed by atoms with Crippen LogP contribution in [-0.2, 0) is 0 Å². The molecule has 1 heterocycles. The van der Waals surface area contributed by atoms with E-state index >= 15 is 0 Å². The topological polar surface area (TPSA) is 44.3 Å². The van der Waals surface area contributed by atoms with E-state index in [4.69, 9.17) is 0 Å². The average molecular weight is 304 g/mol.